The van der Waals surface area contributed by atoms with Crippen LogP contribution < -0.4 is 0 Å². The summed E-state index contributed by atoms with van der Waals surface area (Å²) in [6.07, 6.45) is -0.505. The maximum absolute atomic E-state index is 10.2. The fraction of sp³-hybridized carbons (Fsp3) is 0.0909. The van der Waals surface area contributed by atoms with Crippen LogP contribution >= 0.6 is 0 Å². The quantitative estimate of drug-likeness (QED) is 0.572. The third kappa shape index (κ3) is 6.00. The van der Waals surface area contributed by atoms with Gasteiger partial charge >= 0.3 is 23.9 Å². The van der Waals surface area contributed by atoms with Crippen LogP contribution in [-0.2, 0) is 9.59 Å². The fourth-order valence-electron chi connectivity index (χ4n) is 0.826. The molecular formula is C11H10O9. The zero-order valence-electron chi connectivity index (χ0n) is 9.90. The lowest BCUT2D eigenvalue weighted by atomic mass is 10.2. The molecule has 20 heavy (non-hydrogen) atoms. The summed E-state index contributed by atoms with van der Waals surface area (Å²) in [5.41, 5.74) is -0.303. The minimum absolute atomic E-state index is 0.303. The molecule has 0 amide bonds. The summed E-state index contributed by atoms with van der Waals surface area (Å²) in [5.74, 6) is -5.75. The van der Waals surface area contributed by atoms with Crippen molar-refractivity contribution < 1.29 is 44.0 Å². The molecule has 0 atom stereocenters. The molecular weight excluding hydrogens is 276 g/mol. The molecule has 0 unspecified atom stereocenters. The van der Waals surface area contributed by atoms with Gasteiger partial charge in [-0.25, -0.2) is 14.4 Å². The second kappa shape index (κ2) is 7.36. The van der Waals surface area contributed by atoms with Crippen LogP contribution in [0.25, 0.3) is 0 Å². The van der Waals surface area contributed by atoms with Gasteiger partial charge in [0.05, 0.1) is 6.42 Å². The first-order valence-electron chi connectivity index (χ1n) is 4.84. The Labute approximate surface area is 111 Å². The third-order valence-corrected chi connectivity index (χ3v) is 1.69. The van der Waals surface area contributed by atoms with Crippen molar-refractivity contribution in [2.75, 3.05) is 0 Å². The Morgan fingerprint density at radius 3 is 1.50 bits per heavy atom. The van der Waals surface area contributed by atoms with Crippen LogP contribution in [0.1, 0.15) is 27.5 Å². The Bertz CT molecular complexity index is 523. The molecule has 0 saturated heterocycles. The van der Waals surface area contributed by atoms with Crippen LogP contribution in [0.4, 0.5) is 0 Å². The number of aromatic carboxylic acids is 2. The van der Waals surface area contributed by atoms with Crippen LogP contribution in [0.3, 0.4) is 0 Å². The minimum atomic E-state index is -1.28. The van der Waals surface area contributed by atoms with Crippen LogP contribution in [0, 0.1) is 0 Å². The predicted molar refractivity (Wildman–Crippen MR) is 61.7 cm³/mol. The summed E-state index contributed by atoms with van der Waals surface area (Å²) in [6, 6.07) is 2.18. The molecule has 1 rings (SSSR count). The van der Waals surface area contributed by atoms with Gasteiger partial charge in [-0.2, -0.15) is 0 Å². The Hall–Kier alpha value is -3.10. The lowest BCUT2D eigenvalue weighted by Crippen LogP contribution is -2.04. The Balaban J connectivity index is 0.000000370. The van der Waals surface area contributed by atoms with Gasteiger partial charge in [0.15, 0.2) is 0 Å². The van der Waals surface area contributed by atoms with E-state index in [1.54, 1.807) is 0 Å². The van der Waals surface area contributed by atoms with Gasteiger partial charge in [-0.1, -0.05) is 6.58 Å². The van der Waals surface area contributed by atoms with Gasteiger partial charge in [0.2, 0.25) is 11.5 Å². The molecule has 0 aliphatic rings. The summed E-state index contributed by atoms with van der Waals surface area (Å²) in [4.78, 5) is 40.0. The SMILES string of the molecule is C=C(CC(=O)O)C(=O)O.O=C(O)c1ccc(C(=O)O)o1. The van der Waals surface area contributed by atoms with Crippen LogP contribution in [0.2, 0.25) is 0 Å². The standard InChI is InChI=1S/C6H4O5.C5H6O4/c7-5(8)3-1-2-4(11-3)6(9)10;1-3(5(8)9)2-4(6)7/h1-2H,(H,7,8)(H,9,10);1-2H2,(H,6,7)(H,8,9). The predicted octanol–water partition coefficient (Wildman–Crippen LogP) is 0.778. The van der Waals surface area contributed by atoms with E-state index >= 15 is 0 Å². The van der Waals surface area contributed by atoms with E-state index in [1.807, 2.05) is 0 Å². The van der Waals surface area contributed by atoms with Gasteiger partial charge in [-0.3, -0.25) is 4.79 Å². The normalized spacial score (nSPS) is 9.00. The molecule has 1 aromatic heterocycles. The molecule has 0 radical (unpaired) electrons. The first-order valence-corrected chi connectivity index (χ1v) is 4.84. The Morgan fingerprint density at radius 1 is 0.950 bits per heavy atom. The van der Waals surface area contributed by atoms with E-state index in [0.717, 1.165) is 12.1 Å². The molecule has 1 heterocycles. The average Bonchev–Trinajstić information content (AvgIpc) is 2.78. The first-order chi connectivity index (χ1) is 9.15. The number of carboxylic acids is 4. The van der Waals surface area contributed by atoms with Crippen molar-refractivity contribution in [3.8, 4) is 0 Å². The highest BCUT2D eigenvalue weighted by Crippen LogP contribution is 2.06. The maximum Gasteiger partial charge on any atom is 0.371 e. The van der Waals surface area contributed by atoms with Crippen LogP contribution in [0.5, 0.6) is 0 Å². The van der Waals surface area contributed by atoms with Gasteiger partial charge in [-0.15, -0.1) is 0 Å². The molecule has 0 aliphatic heterocycles. The largest absolute Gasteiger partial charge is 0.481 e. The second-order valence-electron chi connectivity index (χ2n) is 3.25. The number of aliphatic carboxylic acids is 2. The number of carbonyl (C=O) groups is 4. The van der Waals surface area contributed by atoms with Crippen molar-refractivity contribution in [1.29, 1.82) is 0 Å². The zero-order valence-corrected chi connectivity index (χ0v) is 9.90. The highest BCUT2D eigenvalue weighted by Gasteiger charge is 2.12. The minimum Gasteiger partial charge on any atom is -0.481 e. The second-order valence-corrected chi connectivity index (χ2v) is 3.25. The van der Waals surface area contributed by atoms with Crippen molar-refractivity contribution in [1.82, 2.24) is 0 Å². The molecule has 4 N–H and O–H groups in total. The van der Waals surface area contributed by atoms with Crippen molar-refractivity contribution in [3.05, 3.63) is 35.8 Å². The molecule has 0 spiro atoms. The van der Waals surface area contributed by atoms with Crippen molar-refractivity contribution in [3.63, 3.8) is 0 Å². The van der Waals surface area contributed by atoms with E-state index in [0.29, 0.717) is 0 Å². The van der Waals surface area contributed by atoms with E-state index in [2.05, 4.69) is 11.0 Å². The highest BCUT2D eigenvalue weighted by molar-refractivity contribution is 5.91. The average molecular weight is 286 g/mol. The van der Waals surface area contributed by atoms with Crippen molar-refractivity contribution in [2.24, 2.45) is 0 Å². The van der Waals surface area contributed by atoms with E-state index in [-0.39, 0.29) is 17.1 Å². The summed E-state index contributed by atoms with van der Waals surface area (Å²) >= 11 is 0. The Morgan fingerprint density at radius 2 is 1.35 bits per heavy atom. The summed E-state index contributed by atoms with van der Waals surface area (Å²) in [5, 5.41) is 32.7. The number of furan rings is 1. The monoisotopic (exact) mass is 286 g/mol. The smallest absolute Gasteiger partial charge is 0.371 e. The fourth-order valence-corrected chi connectivity index (χ4v) is 0.826. The number of hydrogen-bond acceptors (Lipinski definition) is 5. The molecule has 108 valence electrons. The zero-order chi connectivity index (χ0) is 15.9. The maximum atomic E-state index is 10.2. The summed E-state index contributed by atoms with van der Waals surface area (Å²) in [7, 11) is 0. The molecule has 9 nitrogen and oxygen atoms in total. The van der Waals surface area contributed by atoms with E-state index in [9.17, 15) is 19.2 Å². The molecule has 0 saturated carbocycles. The van der Waals surface area contributed by atoms with Gasteiger partial charge in [0, 0.05) is 5.57 Å². The molecule has 0 fully saturated rings. The molecule has 0 bridgehead atoms. The van der Waals surface area contributed by atoms with E-state index in [4.69, 9.17) is 20.4 Å². The van der Waals surface area contributed by atoms with E-state index in [1.165, 1.54) is 0 Å². The van der Waals surface area contributed by atoms with Crippen LogP contribution in [-0.4, -0.2) is 44.3 Å². The van der Waals surface area contributed by atoms with Crippen LogP contribution in [0.15, 0.2) is 28.7 Å². The lowest BCUT2D eigenvalue weighted by Gasteiger charge is -1.91. The number of carboxylic acid groups (broad SMARTS) is 4. The van der Waals surface area contributed by atoms with Gasteiger partial charge in [0.25, 0.3) is 0 Å². The molecule has 9 heteroatoms. The van der Waals surface area contributed by atoms with E-state index < -0.39 is 30.3 Å². The number of hydrogen-bond donors (Lipinski definition) is 4. The Kier molecular flexibility index (Phi) is 6.22. The summed E-state index contributed by atoms with van der Waals surface area (Å²) in [6.45, 7) is 3.01. The van der Waals surface area contributed by atoms with Gasteiger partial charge in [-0.05, 0) is 12.1 Å². The topological polar surface area (TPSA) is 162 Å². The van der Waals surface area contributed by atoms with Gasteiger partial charge in [0.1, 0.15) is 0 Å². The first kappa shape index (κ1) is 16.9. The lowest BCUT2D eigenvalue weighted by molar-refractivity contribution is -0.139. The molecule has 0 aromatic carbocycles. The summed E-state index contributed by atoms with van der Waals surface area (Å²) < 4.78 is 4.41. The highest BCUT2D eigenvalue weighted by atomic mass is 16.4. The van der Waals surface area contributed by atoms with Crippen molar-refractivity contribution in [2.45, 2.75) is 6.42 Å². The third-order valence-electron chi connectivity index (χ3n) is 1.69. The molecule has 0 aliphatic carbocycles. The van der Waals surface area contributed by atoms with Crippen molar-refractivity contribution >= 4 is 23.9 Å². The van der Waals surface area contributed by atoms with Gasteiger partial charge < -0.3 is 24.8 Å². The molecule has 1 aromatic rings. The number of rotatable bonds is 5.